The molecule has 2 rings (SSSR count). The average Bonchev–Trinajstić information content (AvgIpc) is 2.33. The Hall–Kier alpha value is -1.70. The summed E-state index contributed by atoms with van der Waals surface area (Å²) in [7, 11) is 0. The van der Waals surface area contributed by atoms with Crippen molar-refractivity contribution in [1.29, 1.82) is 0 Å². The Balaban J connectivity index is 2.02. The first-order valence-corrected chi connectivity index (χ1v) is 5.99. The van der Waals surface area contributed by atoms with Crippen molar-refractivity contribution in [2.75, 3.05) is 0 Å². The predicted molar refractivity (Wildman–Crippen MR) is 70.1 cm³/mol. The second-order valence-electron chi connectivity index (χ2n) is 4.56. The molecule has 17 heavy (non-hydrogen) atoms. The van der Waals surface area contributed by atoms with E-state index in [2.05, 4.69) is 42.0 Å². The quantitative estimate of drug-likeness (QED) is 0.803. The van der Waals surface area contributed by atoms with Crippen molar-refractivity contribution < 1.29 is 0 Å². The fourth-order valence-electron chi connectivity index (χ4n) is 1.80. The van der Waals surface area contributed by atoms with Crippen LogP contribution in [0.2, 0.25) is 0 Å². The van der Waals surface area contributed by atoms with Gasteiger partial charge in [0.1, 0.15) is 5.82 Å². The highest BCUT2D eigenvalue weighted by Gasteiger charge is 1.99. The zero-order valence-electron chi connectivity index (χ0n) is 10.7. The summed E-state index contributed by atoms with van der Waals surface area (Å²) in [6.45, 7) is 6.22. The monoisotopic (exact) mass is 226 g/mol. The third kappa shape index (κ3) is 3.13. The molecule has 0 amide bonds. The molecule has 0 atom stereocenters. The van der Waals surface area contributed by atoms with Crippen LogP contribution in [0.3, 0.4) is 0 Å². The van der Waals surface area contributed by atoms with Gasteiger partial charge in [-0.15, -0.1) is 0 Å². The third-order valence-electron chi connectivity index (χ3n) is 3.11. The Bertz CT molecular complexity index is 501. The molecule has 0 aliphatic carbocycles. The Morgan fingerprint density at radius 2 is 1.47 bits per heavy atom. The van der Waals surface area contributed by atoms with Gasteiger partial charge in [-0.25, -0.2) is 9.97 Å². The molecular weight excluding hydrogens is 208 g/mol. The molecule has 2 heteroatoms. The van der Waals surface area contributed by atoms with Crippen molar-refractivity contribution in [2.45, 2.75) is 33.6 Å². The standard InChI is InChI=1S/C15H18N2/c1-11-4-5-14(8-12(11)2)6-7-15-9-16-13(3)17-10-15/h4-5,8-10H,6-7H2,1-3H3. The lowest BCUT2D eigenvalue weighted by atomic mass is 10.0. The molecular formula is C15H18N2. The van der Waals surface area contributed by atoms with Crippen LogP contribution in [-0.2, 0) is 12.8 Å². The van der Waals surface area contributed by atoms with Crippen LogP contribution in [0.4, 0.5) is 0 Å². The molecule has 1 aromatic heterocycles. The number of aryl methyl sites for hydroxylation is 5. The number of rotatable bonds is 3. The minimum absolute atomic E-state index is 0.833. The minimum Gasteiger partial charge on any atom is -0.241 e. The summed E-state index contributed by atoms with van der Waals surface area (Å²) >= 11 is 0. The first-order valence-electron chi connectivity index (χ1n) is 5.99. The van der Waals surface area contributed by atoms with Gasteiger partial charge in [0.05, 0.1) is 0 Å². The van der Waals surface area contributed by atoms with E-state index in [1.54, 1.807) is 0 Å². The van der Waals surface area contributed by atoms with Crippen LogP contribution >= 0.6 is 0 Å². The van der Waals surface area contributed by atoms with Crippen LogP contribution in [0.15, 0.2) is 30.6 Å². The van der Waals surface area contributed by atoms with Crippen LogP contribution < -0.4 is 0 Å². The molecule has 2 nitrogen and oxygen atoms in total. The number of nitrogens with zero attached hydrogens (tertiary/aromatic N) is 2. The van der Waals surface area contributed by atoms with Crippen LogP contribution in [-0.4, -0.2) is 9.97 Å². The molecule has 0 radical (unpaired) electrons. The summed E-state index contributed by atoms with van der Waals surface area (Å²) in [6, 6.07) is 6.66. The van der Waals surface area contributed by atoms with Gasteiger partial charge in [-0.3, -0.25) is 0 Å². The number of aromatic nitrogens is 2. The van der Waals surface area contributed by atoms with E-state index in [1.807, 2.05) is 19.3 Å². The van der Waals surface area contributed by atoms with E-state index in [4.69, 9.17) is 0 Å². The molecule has 0 N–H and O–H groups in total. The SMILES string of the molecule is Cc1ncc(CCc2ccc(C)c(C)c2)cn1. The lowest BCUT2D eigenvalue weighted by Crippen LogP contribution is -1.96. The van der Waals surface area contributed by atoms with E-state index in [0.717, 1.165) is 18.7 Å². The number of benzene rings is 1. The Morgan fingerprint density at radius 3 is 2.12 bits per heavy atom. The van der Waals surface area contributed by atoms with E-state index in [9.17, 15) is 0 Å². The normalized spacial score (nSPS) is 10.5. The van der Waals surface area contributed by atoms with Crippen LogP contribution in [0.5, 0.6) is 0 Å². The topological polar surface area (TPSA) is 25.8 Å². The van der Waals surface area contributed by atoms with Crippen molar-refractivity contribution in [2.24, 2.45) is 0 Å². The minimum atomic E-state index is 0.833. The summed E-state index contributed by atoms with van der Waals surface area (Å²) in [6.07, 6.45) is 5.89. The van der Waals surface area contributed by atoms with Gasteiger partial charge in [0, 0.05) is 12.4 Å². The highest BCUT2D eigenvalue weighted by atomic mass is 14.8. The lowest BCUT2D eigenvalue weighted by Gasteiger charge is -2.05. The summed E-state index contributed by atoms with van der Waals surface area (Å²) in [4.78, 5) is 8.42. The van der Waals surface area contributed by atoms with Gasteiger partial charge >= 0.3 is 0 Å². The van der Waals surface area contributed by atoms with E-state index in [0.29, 0.717) is 0 Å². The summed E-state index contributed by atoms with van der Waals surface area (Å²) in [5, 5.41) is 0. The maximum absolute atomic E-state index is 4.21. The second-order valence-corrected chi connectivity index (χ2v) is 4.56. The number of hydrogen-bond acceptors (Lipinski definition) is 2. The summed E-state index contributed by atoms with van der Waals surface area (Å²) in [5.41, 5.74) is 5.30. The van der Waals surface area contributed by atoms with Crippen molar-refractivity contribution >= 4 is 0 Å². The molecule has 0 unspecified atom stereocenters. The van der Waals surface area contributed by atoms with Crippen molar-refractivity contribution in [3.63, 3.8) is 0 Å². The van der Waals surface area contributed by atoms with Crippen LogP contribution in [0, 0.1) is 20.8 Å². The molecule has 0 saturated carbocycles. The Kier molecular flexibility index (Phi) is 3.52. The molecule has 0 saturated heterocycles. The Labute approximate surface area is 103 Å². The van der Waals surface area contributed by atoms with Gasteiger partial charge in [-0.1, -0.05) is 18.2 Å². The van der Waals surface area contributed by atoms with Gasteiger partial charge < -0.3 is 0 Å². The van der Waals surface area contributed by atoms with Crippen molar-refractivity contribution in [1.82, 2.24) is 9.97 Å². The lowest BCUT2D eigenvalue weighted by molar-refractivity contribution is 0.915. The molecule has 0 fully saturated rings. The fourth-order valence-corrected chi connectivity index (χ4v) is 1.80. The zero-order valence-corrected chi connectivity index (χ0v) is 10.7. The van der Waals surface area contributed by atoms with Gasteiger partial charge in [0.25, 0.3) is 0 Å². The largest absolute Gasteiger partial charge is 0.241 e. The highest BCUT2D eigenvalue weighted by molar-refractivity contribution is 5.30. The van der Waals surface area contributed by atoms with E-state index in [1.165, 1.54) is 22.3 Å². The Morgan fingerprint density at radius 1 is 0.824 bits per heavy atom. The van der Waals surface area contributed by atoms with E-state index >= 15 is 0 Å². The first-order chi connectivity index (χ1) is 8.15. The number of hydrogen-bond donors (Lipinski definition) is 0. The van der Waals surface area contributed by atoms with E-state index < -0.39 is 0 Å². The smallest absolute Gasteiger partial charge is 0.125 e. The van der Waals surface area contributed by atoms with Gasteiger partial charge in [-0.05, 0) is 55.9 Å². The van der Waals surface area contributed by atoms with Gasteiger partial charge in [0.2, 0.25) is 0 Å². The fraction of sp³-hybridized carbons (Fsp3) is 0.333. The first kappa shape index (κ1) is 11.8. The molecule has 88 valence electrons. The molecule has 0 aliphatic rings. The van der Waals surface area contributed by atoms with Crippen LogP contribution in [0.25, 0.3) is 0 Å². The molecule has 1 heterocycles. The summed E-state index contributed by atoms with van der Waals surface area (Å²) < 4.78 is 0. The third-order valence-corrected chi connectivity index (χ3v) is 3.11. The van der Waals surface area contributed by atoms with Gasteiger partial charge in [0.15, 0.2) is 0 Å². The molecule has 0 bridgehead atoms. The van der Waals surface area contributed by atoms with E-state index in [-0.39, 0.29) is 0 Å². The molecule has 0 spiro atoms. The molecule has 0 aliphatic heterocycles. The predicted octanol–water partition coefficient (Wildman–Crippen LogP) is 3.19. The average molecular weight is 226 g/mol. The van der Waals surface area contributed by atoms with Crippen LogP contribution in [0.1, 0.15) is 28.1 Å². The highest BCUT2D eigenvalue weighted by Crippen LogP contribution is 2.12. The van der Waals surface area contributed by atoms with Crippen molar-refractivity contribution in [3.05, 3.63) is 58.7 Å². The maximum Gasteiger partial charge on any atom is 0.125 e. The second kappa shape index (κ2) is 5.09. The van der Waals surface area contributed by atoms with Gasteiger partial charge in [-0.2, -0.15) is 0 Å². The molecule has 1 aromatic carbocycles. The summed E-state index contributed by atoms with van der Waals surface area (Å²) in [5.74, 6) is 0.833. The zero-order chi connectivity index (χ0) is 12.3. The maximum atomic E-state index is 4.21. The molecule has 2 aromatic rings. The van der Waals surface area contributed by atoms with Crippen molar-refractivity contribution in [3.8, 4) is 0 Å².